The van der Waals surface area contributed by atoms with E-state index >= 15 is 0 Å². The molecule has 1 aromatic heterocycles. The van der Waals surface area contributed by atoms with E-state index in [2.05, 4.69) is 36.8 Å². The summed E-state index contributed by atoms with van der Waals surface area (Å²) in [5.41, 5.74) is -0.328. The number of hydrogen-bond donors (Lipinski definition) is 0. The third kappa shape index (κ3) is 2.37. The van der Waals surface area contributed by atoms with Gasteiger partial charge in [0.2, 0.25) is 5.88 Å². The largest absolute Gasteiger partial charge is 0.481 e. The SMILES string of the molecule is COc1cc(Br)c(Br)c(C(F)F)n1. The first-order valence-corrected chi connectivity index (χ1v) is 4.83. The summed E-state index contributed by atoms with van der Waals surface area (Å²) in [5.74, 6) is 0.158. The molecule has 72 valence electrons. The zero-order valence-electron chi connectivity index (χ0n) is 6.52. The smallest absolute Gasteiger partial charge is 0.281 e. The van der Waals surface area contributed by atoms with Crippen LogP contribution in [0.4, 0.5) is 8.78 Å². The molecule has 1 aromatic rings. The fraction of sp³-hybridized carbons (Fsp3) is 0.286. The zero-order valence-corrected chi connectivity index (χ0v) is 9.69. The van der Waals surface area contributed by atoms with Gasteiger partial charge in [0.15, 0.2) is 0 Å². The van der Waals surface area contributed by atoms with Crippen molar-refractivity contribution in [2.45, 2.75) is 6.43 Å². The Kier molecular flexibility index (Phi) is 3.61. The minimum Gasteiger partial charge on any atom is -0.481 e. The van der Waals surface area contributed by atoms with Crippen molar-refractivity contribution in [1.82, 2.24) is 4.98 Å². The molecule has 13 heavy (non-hydrogen) atoms. The second-order valence-electron chi connectivity index (χ2n) is 2.15. The monoisotopic (exact) mass is 315 g/mol. The predicted octanol–water partition coefficient (Wildman–Crippen LogP) is 3.55. The van der Waals surface area contributed by atoms with Crippen LogP contribution >= 0.6 is 31.9 Å². The van der Waals surface area contributed by atoms with Gasteiger partial charge in [-0.1, -0.05) is 0 Å². The van der Waals surface area contributed by atoms with E-state index in [4.69, 9.17) is 4.74 Å². The van der Waals surface area contributed by atoms with Crippen LogP contribution in [0.2, 0.25) is 0 Å². The first-order chi connectivity index (χ1) is 6.06. The first-order valence-electron chi connectivity index (χ1n) is 3.24. The lowest BCUT2D eigenvalue weighted by Gasteiger charge is -2.06. The van der Waals surface area contributed by atoms with Crippen LogP contribution < -0.4 is 4.74 Å². The van der Waals surface area contributed by atoms with Crippen molar-refractivity contribution in [3.05, 3.63) is 20.7 Å². The lowest BCUT2D eigenvalue weighted by molar-refractivity contribution is 0.144. The third-order valence-electron chi connectivity index (χ3n) is 1.33. The van der Waals surface area contributed by atoms with E-state index in [-0.39, 0.29) is 16.0 Å². The lowest BCUT2D eigenvalue weighted by atomic mass is 10.3. The standard InChI is InChI=1S/C7H5Br2F2NO/c1-13-4-2-3(8)5(9)6(12-4)7(10)11/h2,7H,1H3. The maximum Gasteiger partial charge on any atom is 0.281 e. The van der Waals surface area contributed by atoms with Crippen molar-refractivity contribution in [3.8, 4) is 5.88 Å². The Morgan fingerprint density at radius 3 is 2.54 bits per heavy atom. The fourth-order valence-corrected chi connectivity index (χ4v) is 1.52. The number of pyridine rings is 1. The van der Waals surface area contributed by atoms with Crippen LogP contribution in [0.5, 0.6) is 5.88 Å². The van der Waals surface area contributed by atoms with Gasteiger partial charge < -0.3 is 4.74 Å². The predicted molar refractivity (Wildman–Crippen MR) is 51.1 cm³/mol. The number of halogens is 4. The number of methoxy groups -OCH3 is 1. The highest BCUT2D eigenvalue weighted by molar-refractivity contribution is 9.13. The molecule has 0 N–H and O–H groups in total. The van der Waals surface area contributed by atoms with E-state index in [1.807, 2.05) is 0 Å². The molecule has 0 aliphatic carbocycles. The molecule has 0 saturated carbocycles. The Morgan fingerprint density at radius 2 is 2.08 bits per heavy atom. The van der Waals surface area contributed by atoms with Crippen LogP contribution in [0.15, 0.2) is 15.0 Å². The minimum absolute atomic E-state index is 0.158. The van der Waals surface area contributed by atoms with Crippen LogP contribution in [0, 0.1) is 0 Å². The molecule has 0 atom stereocenters. The number of nitrogens with zero attached hydrogens (tertiary/aromatic N) is 1. The molecule has 6 heteroatoms. The van der Waals surface area contributed by atoms with Crippen molar-refractivity contribution >= 4 is 31.9 Å². The van der Waals surface area contributed by atoms with Crippen LogP contribution in [0.1, 0.15) is 12.1 Å². The van der Waals surface area contributed by atoms with Gasteiger partial charge in [-0.15, -0.1) is 0 Å². The van der Waals surface area contributed by atoms with Crippen molar-refractivity contribution in [3.63, 3.8) is 0 Å². The van der Waals surface area contributed by atoms with Crippen LogP contribution in [0.25, 0.3) is 0 Å². The van der Waals surface area contributed by atoms with E-state index in [0.717, 1.165) is 0 Å². The van der Waals surface area contributed by atoms with Gasteiger partial charge >= 0.3 is 0 Å². The normalized spacial score (nSPS) is 10.6. The van der Waals surface area contributed by atoms with E-state index in [9.17, 15) is 8.78 Å². The van der Waals surface area contributed by atoms with Gasteiger partial charge in [-0.2, -0.15) is 0 Å². The number of rotatable bonds is 2. The van der Waals surface area contributed by atoms with Crippen molar-refractivity contribution in [2.75, 3.05) is 7.11 Å². The Labute approximate surface area is 90.6 Å². The number of alkyl halides is 2. The highest BCUT2D eigenvalue weighted by atomic mass is 79.9. The second kappa shape index (κ2) is 4.32. The molecule has 0 amide bonds. The summed E-state index contributed by atoms with van der Waals surface area (Å²) in [6.07, 6.45) is -2.62. The summed E-state index contributed by atoms with van der Waals surface area (Å²) in [6, 6.07) is 1.51. The molecule has 1 rings (SSSR count). The molecule has 0 aliphatic heterocycles. The summed E-state index contributed by atoms with van der Waals surface area (Å²) >= 11 is 6.10. The first kappa shape index (κ1) is 10.8. The van der Waals surface area contributed by atoms with Crippen molar-refractivity contribution < 1.29 is 13.5 Å². The summed E-state index contributed by atoms with van der Waals surface area (Å²) in [6.45, 7) is 0. The topological polar surface area (TPSA) is 22.1 Å². The van der Waals surface area contributed by atoms with Gasteiger partial charge in [0.25, 0.3) is 6.43 Å². The molecule has 1 heterocycles. The van der Waals surface area contributed by atoms with Crippen LogP contribution in [0.3, 0.4) is 0 Å². The van der Waals surface area contributed by atoms with E-state index in [1.165, 1.54) is 13.2 Å². The molecule has 0 radical (unpaired) electrons. The lowest BCUT2D eigenvalue weighted by Crippen LogP contribution is -1.96. The van der Waals surface area contributed by atoms with E-state index < -0.39 is 6.43 Å². The van der Waals surface area contributed by atoms with Crippen LogP contribution in [-0.4, -0.2) is 12.1 Å². The third-order valence-corrected chi connectivity index (χ3v) is 3.32. The molecule has 0 aromatic carbocycles. The molecule has 2 nitrogen and oxygen atoms in total. The molecule has 0 saturated heterocycles. The summed E-state index contributed by atoms with van der Waals surface area (Å²) in [7, 11) is 1.37. The maximum atomic E-state index is 12.4. The summed E-state index contributed by atoms with van der Waals surface area (Å²) in [4.78, 5) is 3.60. The summed E-state index contributed by atoms with van der Waals surface area (Å²) in [5, 5.41) is 0. The number of aromatic nitrogens is 1. The van der Waals surface area contributed by atoms with Gasteiger partial charge in [-0.25, -0.2) is 13.8 Å². The van der Waals surface area contributed by atoms with E-state index in [1.54, 1.807) is 0 Å². The Balaban J connectivity index is 3.25. The fourth-order valence-electron chi connectivity index (χ4n) is 0.743. The molecule has 0 unspecified atom stereocenters. The second-order valence-corrected chi connectivity index (χ2v) is 3.79. The van der Waals surface area contributed by atoms with Gasteiger partial charge in [-0.05, 0) is 31.9 Å². The molecule has 0 spiro atoms. The highest BCUT2D eigenvalue weighted by Gasteiger charge is 2.17. The summed E-state index contributed by atoms with van der Waals surface area (Å²) < 4.78 is 30.2. The Bertz CT molecular complexity index is 320. The van der Waals surface area contributed by atoms with Gasteiger partial charge in [-0.3, -0.25) is 0 Å². The molecule has 0 fully saturated rings. The number of hydrogen-bond acceptors (Lipinski definition) is 2. The van der Waals surface area contributed by atoms with Crippen molar-refractivity contribution in [1.29, 1.82) is 0 Å². The van der Waals surface area contributed by atoms with E-state index in [0.29, 0.717) is 4.47 Å². The number of ether oxygens (including phenoxy) is 1. The quantitative estimate of drug-likeness (QED) is 0.832. The molecule has 0 aliphatic rings. The van der Waals surface area contributed by atoms with Crippen LogP contribution in [-0.2, 0) is 0 Å². The zero-order chi connectivity index (χ0) is 10.0. The maximum absolute atomic E-state index is 12.4. The Morgan fingerprint density at radius 1 is 1.46 bits per heavy atom. The highest BCUT2D eigenvalue weighted by Crippen LogP contribution is 2.34. The molecule has 0 bridgehead atoms. The van der Waals surface area contributed by atoms with Gasteiger partial charge in [0.1, 0.15) is 5.69 Å². The Hall–Kier alpha value is -0.230. The molecular formula is C7H5Br2F2NO. The average molecular weight is 317 g/mol. The van der Waals surface area contributed by atoms with Gasteiger partial charge in [0, 0.05) is 10.5 Å². The minimum atomic E-state index is -2.62. The van der Waals surface area contributed by atoms with Crippen molar-refractivity contribution in [2.24, 2.45) is 0 Å². The van der Waals surface area contributed by atoms with Gasteiger partial charge in [0.05, 0.1) is 11.6 Å². The molecular weight excluding hydrogens is 312 g/mol. The average Bonchev–Trinajstić information content (AvgIpc) is 2.09.